The van der Waals surface area contributed by atoms with Crippen LogP contribution >= 0.6 is 27.3 Å². The van der Waals surface area contributed by atoms with E-state index in [2.05, 4.69) is 15.9 Å². The molecule has 1 aromatic carbocycles. The van der Waals surface area contributed by atoms with E-state index >= 15 is 0 Å². The van der Waals surface area contributed by atoms with Crippen molar-refractivity contribution in [3.63, 3.8) is 0 Å². The lowest BCUT2D eigenvalue weighted by Gasteiger charge is -2.10. The molecule has 23 heavy (non-hydrogen) atoms. The predicted octanol–water partition coefficient (Wildman–Crippen LogP) is 5.23. The van der Waals surface area contributed by atoms with Crippen LogP contribution in [0.1, 0.15) is 21.6 Å². The number of aromatic nitrogens is 1. The largest absolute Gasteiger partial charge is 0.477 e. The Morgan fingerprint density at radius 3 is 2.48 bits per heavy atom. The smallest absolute Gasteiger partial charge is 0.416 e. The molecule has 1 N–H and O–H groups in total. The number of alkyl halides is 3. The zero-order valence-corrected chi connectivity index (χ0v) is 13.8. The summed E-state index contributed by atoms with van der Waals surface area (Å²) in [7, 11) is 0. The van der Waals surface area contributed by atoms with Crippen LogP contribution < -0.4 is 0 Å². The number of carboxylic acid groups (broad SMARTS) is 1. The van der Waals surface area contributed by atoms with E-state index in [4.69, 9.17) is 0 Å². The molecule has 2 heterocycles. The minimum atomic E-state index is -4.39. The van der Waals surface area contributed by atoms with Gasteiger partial charge in [0, 0.05) is 11.9 Å². The Morgan fingerprint density at radius 1 is 1.26 bits per heavy atom. The molecule has 0 amide bonds. The fourth-order valence-corrected chi connectivity index (χ4v) is 4.05. The molecule has 0 saturated heterocycles. The van der Waals surface area contributed by atoms with Gasteiger partial charge in [0.25, 0.3) is 0 Å². The van der Waals surface area contributed by atoms with Crippen molar-refractivity contribution >= 4 is 43.5 Å². The van der Waals surface area contributed by atoms with Crippen LogP contribution in [-0.2, 0) is 12.7 Å². The summed E-state index contributed by atoms with van der Waals surface area (Å²) in [5.41, 5.74) is 0.699. The Kier molecular flexibility index (Phi) is 3.97. The fourth-order valence-electron chi connectivity index (χ4n) is 2.35. The van der Waals surface area contributed by atoms with E-state index < -0.39 is 17.7 Å². The lowest BCUT2D eigenvalue weighted by atomic mass is 10.1. The Labute approximate surface area is 141 Å². The molecule has 3 rings (SSSR count). The summed E-state index contributed by atoms with van der Waals surface area (Å²) in [5, 5.41) is 11.2. The molecule has 0 fully saturated rings. The molecule has 0 aliphatic carbocycles. The monoisotopic (exact) mass is 403 g/mol. The number of carbonyl (C=O) groups is 1. The second-order valence-corrected chi connectivity index (χ2v) is 6.68. The Bertz CT molecular complexity index is 881. The van der Waals surface area contributed by atoms with Gasteiger partial charge < -0.3 is 9.67 Å². The van der Waals surface area contributed by atoms with Crippen molar-refractivity contribution in [2.24, 2.45) is 0 Å². The van der Waals surface area contributed by atoms with Gasteiger partial charge in [-0.25, -0.2) is 4.79 Å². The van der Waals surface area contributed by atoms with Gasteiger partial charge in [-0.2, -0.15) is 13.2 Å². The highest BCUT2D eigenvalue weighted by molar-refractivity contribution is 9.10. The maximum Gasteiger partial charge on any atom is 0.416 e. The molecule has 3 nitrogen and oxygen atoms in total. The van der Waals surface area contributed by atoms with E-state index in [9.17, 15) is 23.1 Å². The van der Waals surface area contributed by atoms with Gasteiger partial charge in [0.2, 0.25) is 0 Å². The average Bonchev–Trinajstić information content (AvgIpc) is 3.00. The molecular weight excluding hydrogens is 395 g/mol. The highest BCUT2D eigenvalue weighted by atomic mass is 79.9. The summed E-state index contributed by atoms with van der Waals surface area (Å²) in [6.07, 6.45) is -4.39. The molecule has 0 saturated carbocycles. The quantitative estimate of drug-likeness (QED) is 0.650. The highest BCUT2D eigenvalue weighted by Crippen LogP contribution is 2.34. The zero-order chi connectivity index (χ0) is 16.8. The molecular formula is C15H9BrF3NO2S. The third kappa shape index (κ3) is 3.00. The lowest BCUT2D eigenvalue weighted by molar-refractivity contribution is -0.137. The number of hydrogen-bond donors (Lipinski definition) is 1. The first-order chi connectivity index (χ1) is 10.8. The van der Waals surface area contributed by atoms with Gasteiger partial charge in [0.15, 0.2) is 0 Å². The standard InChI is InChI=1S/C15H9BrF3NO2S/c16-10-7-23-12-5-11(14(21)22)20(13(10)12)6-8-1-3-9(4-2-8)15(17,18)19/h1-5,7H,6H2,(H,21,22). The normalized spacial score (nSPS) is 12.0. The van der Waals surface area contributed by atoms with Crippen LogP contribution in [0.5, 0.6) is 0 Å². The van der Waals surface area contributed by atoms with Gasteiger partial charge in [0.05, 0.1) is 20.3 Å². The third-order valence-corrected chi connectivity index (χ3v) is 5.24. The molecule has 0 atom stereocenters. The van der Waals surface area contributed by atoms with Gasteiger partial charge >= 0.3 is 12.1 Å². The summed E-state index contributed by atoms with van der Waals surface area (Å²) < 4.78 is 40.9. The number of thiophene rings is 1. The van der Waals surface area contributed by atoms with Gasteiger partial charge in [-0.05, 0) is 39.7 Å². The first-order valence-corrected chi connectivity index (χ1v) is 8.10. The Hall–Kier alpha value is -1.80. The number of rotatable bonds is 3. The minimum absolute atomic E-state index is 0.104. The SMILES string of the molecule is O=C(O)c1cc2scc(Br)c2n1Cc1ccc(C(F)(F)F)cc1. The van der Waals surface area contributed by atoms with Crippen molar-refractivity contribution in [1.82, 2.24) is 4.57 Å². The van der Waals surface area contributed by atoms with E-state index in [0.717, 1.165) is 26.8 Å². The van der Waals surface area contributed by atoms with Crippen LogP contribution in [-0.4, -0.2) is 15.6 Å². The van der Waals surface area contributed by atoms with Crippen LogP contribution in [0.15, 0.2) is 40.2 Å². The molecule has 0 unspecified atom stereocenters. The molecule has 2 aromatic heterocycles. The van der Waals surface area contributed by atoms with Gasteiger partial charge in [-0.1, -0.05) is 12.1 Å². The van der Waals surface area contributed by atoms with Crippen molar-refractivity contribution in [1.29, 1.82) is 0 Å². The van der Waals surface area contributed by atoms with Crippen LogP contribution in [0.25, 0.3) is 10.2 Å². The van der Waals surface area contributed by atoms with Crippen molar-refractivity contribution < 1.29 is 23.1 Å². The topological polar surface area (TPSA) is 42.2 Å². The molecule has 120 valence electrons. The zero-order valence-electron chi connectivity index (χ0n) is 11.4. The predicted molar refractivity (Wildman–Crippen MR) is 85.0 cm³/mol. The summed E-state index contributed by atoms with van der Waals surface area (Å²) in [6.45, 7) is 0.179. The van der Waals surface area contributed by atoms with E-state index in [1.54, 1.807) is 10.6 Å². The summed E-state index contributed by atoms with van der Waals surface area (Å²) in [5.74, 6) is -1.08. The Morgan fingerprint density at radius 2 is 1.91 bits per heavy atom. The number of hydrogen-bond acceptors (Lipinski definition) is 2. The van der Waals surface area contributed by atoms with Gasteiger partial charge in [-0.15, -0.1) is 11.3 Å². The average molecular weight is 404 g/mol. The van der Waals surface area contributed by atoms with Crippen LogP contribution in [0.3, 0.4) is 0 Å². The molecule has 8 heteroatoms. The summed E-state index contributed by atoms with van der Waals surface area (Å²) in [4.78, 5) is 11.4. The second-order valence-electron chi connectivity index (χ2n) is 4.91. The first kappa shape index (κ1) is 16.1. The number of aromatic carboxylic acids is 1. The molecule has 0 aliphatic rings. The molecule has 0 bridgehead atoms. The molecule has 0 aliphatic heterocycles. The van der Waals surface area contributed by atoms with E-state index in [1.165, 1.54) is 23.5 Å². The molecule has 3 aromatic rings. The number of nitrogens with zero attached hydrogens (tertiary/aromatic N) is 1. The van der Waals surface area contributed by atoms with Crippen molar-refractivity contribution in [3.05, 3.63) is 57.0 Å². The van der Waals surface area contributed by atoms with Crippen LogP contribution in [0.2, 0.25) is 0 Å². The fraction of sp³-hybridized carbons (Fsp3) is 0.133. The first-order valence-electron chi connectivity index (χ1n) is 6.43. The number of benzene rings is 1. The van der Waals surface area contributed by atoms with Crippen molar-refractivity contribution in [2.75, 3.05) is 0 Å². The van der Waals surface area contributed by atoms with E-state index in [0.29, 0.717) is 5.56 Å². The summed E-state index contributed by atoms with van der Waals surface area (Å²) in [6, 6.07) is 6.29. The van der Waals surface area contributed by atoms with Crippen molar-refractivity contribution in [3.8, 4) is 0 Å². The van der Waals surface area contributed by atoms with Crippen molar-refractivity contribution in [2.45, 2.75) is 12.7 Å². The molecule has 0 radical (unpaired) electrons. The van der Waals surface area contributed by atoms with E-state index in [1.807, 2.05) is 5.38 Å². The maximum absolute atomic E-state index is 12.6. The third-order valence-electron chi connectivity index (χ3n) is 3.42. The van der Waals surface area contributed by atoms with Crippen LogP contribution in [0.4, 0.5) is 13.2 Å². The van der Waals surface area contributed by atoms with Gasteiger partial charge in [0.1, 0.15) is 5.69 Å². The number of halogens is 4. The molecule has 0 spiro atoms. The summed E-state index contributed by atoms with van der Waals surface area (Å²) >= 11 is 4.78. The number of fused-ring (bicyclic) bond motifs is 1. The minimum Gasteiger partial charge on any atom is -0.477 e. The Balaban J connectivity index is 2.02. The second kappa shape index (κ2) is 5.68. The highest BCUT2D eigenvalue weighted by Gasteiger charge is 2.30. The lowest BCUT2D eigenvalue weighted by Crippen LogP contribution is -2.10. The van der Waals surface area contributed by atoms with Crippen LogP contribution in [0, 0.1) is 0 Å². The van der Waals surface area contributed by atoms with E-state index in [-0.39, 0.29) is 12.2 Å². The number of carboxylic acids is 1. The van der Waals surface area contributed by atoms with Gasteiger partial charge in [-0.3, -0.25) is 0 Å². The maximum atomic E-state index is 12.6.